The number of hydrogen-bond acceptors (Lipinski definition) is 6. The Kier molecular flexibility index (Phi) is 3.99. The van der Waals surface area contributed by atoms with E-state index in [4.69, 9.17) is 0 Å². The molecular formula is C18H22N8. The Morgan fingerprint density at radius 2 is 2.12 bits per heavy atom. The van der Waals surface area contributed by atoms with Crippen LogP contribution in [0, 0.1) is 17.2 Å². The zero-order valence-electron chi connectivity index (χ0n) is 15.1. The van der Waals surface area contributed by atoms with Crippen LogP contribution in [0.1, 0.15) is 45.2 Å². The van der Waals surface area contributed by atoms with E-state index in [1.807, 2.05) is 10.9 Å². The van der Waals surface area contributed by atoms with Gasteiger partial charge >= 0.3 is 0 Å². The second kappa shape index (κ2) is 6.33. The molecule has 0 unspecified atom stereocenters. The van der Waals surface area contributed by atoms with Crippen LogP contribution in [-0.2, 0) is 0 Å². The molecule has 26 heavy (non-hydrogen) atoms. The highest BCUT2D eigenvalue weighted by molar-refractivity contribution is 5.93. The van der Waals surface area contributed by atoms with Gasteiger partial charge in [0.05, 0.1) is 22.8 Å². The van der Waals surface area contributed by atoms with Gasteiger partial charge in [-0.2, -0.15) is 20.3 Å². The smallest absolute Gasteiger partial charge is 0.231 e. The molecule has 0 aliphatic heterocycles. The molecule has 3 N–H and O–H groups in total. The number of nitrogens with zero attached hydrogens (tertiary/aromatic N) is 5. The number of aromatic nitrogens is 5. The highest BCUT2D eigenvalue weighted by atomic mass is 15.3. The van der Waals surface area contributed by atoms with Crippen LogP contribution in [0.15, 0.2) is 18.6 Å². The van der Waals surface area contributed by atoms with Gasteiger partial charge in [-0.15, -0.1) is 0 Å². The lowest BCUT2D eigenvalue weighted by Gasteiger charge is -2.15. The van der Waals surface area contributed by atoms with Crippen molar-refractivity contribution in [3.05, 3.63) is 24.2 Å². The zero-order chi connectivity index (χ0) is 18.3. The van der Waals surface area contributed by atoms with Crippen molar-refractivity contribution in [3.63, 3.8) is 0 Å². The van der Waals surface area contributed by atoms with Crippen LogP contribution >= 0.6 is 0 Å². The third kappa shape index (κ3) is 3.08. The third-order valence-corrected chi connectivity index (χ3v) is 4.73. The number of nitriles is 1. The summed E-state index contributed by atoms with van der Waals surface area (Å²) in [4.78, 5) is 12.2. The molecular weight excluding hydrogens is 328 g/mol. The van der Waals surface area contributed by atoms with Crippen molar-refractivity contribution < 1.29 is 0 Å². The molecule has 3 aromatic heterocycles. The summed E-state index contributed by atoms with van der Waals surface area (Å²) in [6, 6.07) is 2.80. The minimum Gasteiger partial charge on any atom is -0.367 e. The van der Waals surface area contributed by atoms with Gasteiger partial charge in [-0.25, -0.2) is 0 Å². The average Bonchev–Trinajstić information content (AvgIpc) is 3.22. The molecule has 3 heterocycles. The van der Waals surface area contributed by atoms with Gasteiger partial charge in [-0.3, -0.25) is 4.68 Å². The first kappa shape index (κ1) is 16.4. The van der Waals surface area contributed by atoms with Crippen molar-refractivity contribution in [2.24, 2.45) is 5.92 Å². The molecule has 1 aliphatic carbocycles. The average molecular weight is 350 g/mol. The Balaban J connectivity index is 1.69. The van der Waals surface area contributed by atoms with Crippen molar-refractivity contribution in [3.8, 4) is 6.07 Å². The maximum atomic E-state index is 9.38. The van der Waals surface area contributed by atoms with E-state index in [0.29, 0.717) is 34.9 Å². The van der Waals surface area contributed by atoms with E-state index < -0.39 is 0 Å². The van der Waals surface area contributed by atoms with Crippen LogP contribution in [0.4, 0.5) is 17.5 Å². The molecule has 0 bridgehead atoms. The van der Waals surface area contributed by atoms with Crippen LogP contribution in [0.25, 0.3) is 11.0 Å². The highest BCUT2D eigenvalue weighted by Crippen LogP contribution is 2.35. The van der Waals surface area contributed by atoms with E-state index in [1.165, 1.54) is 12.8 Å². The van der Waals surface area contributed by atoms with Crippen molar-refractivity contribution in [1.29, 1.82) is 5.26 Å². The molecule has 1 fully saturated rings. The molecule has 134 valence electrons. The SMILES string of the molecule is CC(C)n1cc(Nc2nc(N[C@@H](C)C3CC3)c3c(C#N)c[nH]c3n2)cn1. The van der Waals surface area contributed by atoms with Crippen molar-refractivity contribution in [2.45, 2.75) is 45.7 Å². The quantitative estimate of drug-likeness (QED) is 0.627. The number of rotatable bonds is 6. The molecule has 0 spiro atoms. The normalized spacial score (nSPS) is 15.2. The summed E-state index contributed by atoms with van der Waals surface area (Å²) in [7, 11) is 0. The standard InChI is InChI=1S/C18H22N8/c1-10(2)26-9-14(8-21-26)23-18-24-16-15(13(6-19)7-20-16)17(25-18)22-11(3)12-4-5-12/h7-12H,4-5H2,1-3H3,(H3,20,22,23,24,25)/t11-/m0/s1. The predicted molar refractivity (Wildman–Crippen MR) is 100 cm³/mol. The highest BCUT2D eigenvalue weighted by Gasteiger charge is 2.29. The van der Waals surface area contributed by atoms with Crippen LogP contribution in [0.2, 0.25) is 0 Å². The van der Waals surface area contributed by atoms with Gasteiger partial charge in [0.15, 0.2) is 0 Å². The minimum atomic E-state index is 0.284. The largest absolute Gasteiger partial charge is 0.367 e. The molecule has 1 aliphatic rings. The first-order valence-corrected chi connectivity index (χ1v) is 8.92. The van der Waals surface area contributed by atoms with Crippen molar-refractivity contribution in [2.75, 3.05) is 10.6 Å². The molecule has 1 atom stereocenters. The van der Waals surface area contributed by atoms with Gasteiger partial charge in [0.25, 0.3) is 0 Å². The fourth-order valence-electron chi connectivity index (χ4n) is 3.03. The number of aromatic amines is 1. The van der Waals surface area contributed by atoms with E-state index in [1.54, 1.807) is 12.4 Å². The van der Waals surface area contributed by atoms with Crippen LogP contribution < -0.4 is 10.6 Å². The first-order valence-electron chi connectivity index (χ1n) is 8.92. The Bertz CT molecular complexity index is 973. The second-order valence-electron chi connectivity index (χ2n) is 7.13. The molecule has 0 saturated heterocycles. The Morgan fingerprint density at radius 3 is 2.77 bits per heavy atom. The lowest BCUT2D eigenvalue weighted by atomic mass is 10.2. The van der Waals surface area contributed by atoms with Crippen LogP contribution in [0.3, 0.4) is 0 Å². The molecule has 4 rings (SSSR count). The molecule has 0 aromatic carbocycles. The fourth-order valence-corrected chi connectivity index (χ4v) is 3.03. The van der Waals surface area contributed by atoms with Gasteiger partial charge in [0, 0.05) is 24.5 Å². The van der Waals surface area contributed by atoms with Gasteiger partial charge < -0.3 is 15.6 Å². The van der Waals surface area contributed by atoms with E-state index in [0.717, 1.165) is 11.1 Å². The van der Waals surface area contributed by atoms with Crippen LogP contribution in [-0.4, -0.2) is 30.8 Å². The molecule has 3 aromatic rings. The topological polar surface area (TPSA) is 107 Å². The summed E-state index contributed by atoms with van der Waals surface area (Å²) in [5.74, 6) is 1.83. The van der Waals surface area contributed by atoms with Crippen molar-refractivity contribution in [1.82, 2.24) is 24.7 Å². The summed E-state index contributed by atoms with van der Waals surface area (Å²) in [6.07, 6.45) is 7.82. The van der Waals surface area contributed by atoms with Crippen molar-refractivity contribution >= 4 is 28.5 Å². The maximum absolute atomic E-state index is 9.38. The van der Waals surface area contributed by atoms with Gasteiger partial charge in [-0.1, -0.05) is 0 Å². The zero-order valence-corrected chi connectivity index (χ0v) is 15.1. The van der Waals surface area contributed by atoms with Crippen LogP contribution in [0.5, 0.6) is 0 Å². The van der Waals surface area contributed by atoms with Gasteiger partial charge in [0.2, 0.25) is 5.95 Å². The summed E-state index contributed by atoms with van der Waals surface area (Å²) < 4.78 is 1.87. The molecule has 8 nitrogen and oxygen atoms in total. The summed E-state index contributed by atoms with van der Waals surface area (Å²) in [6.45, 7) is 6.30. The lowest BCUT2D eigenvalue weighted by Crippen LogP contribution is -2.19. The fraction of sp³-hybridized carbons (Fsp3) is 0.444. The van der Waals surface area contributed by atoms with Gasteiger partial charge in [0.1, 0.15) is 17.5 Å². The summed E-state index contributed by atoms with van der Waals surface area (Å²) in [5.41, 5.74) is 2.01. The van der Waals surface area contributed by atoms with E-state index in [2.05, 4.69) is 57.5 Å². The number of hydrogen-bond donors (Lipinski definition) is 3. The minimum absolute atomic E-state index is 0.284. The Hall–Kier alpha value is -3.08. The molecule has 0 amide bonds. The lowest BCUT2D eigenvalue weighted by molar-refractivity contribution is 0.532. The number of nitrogens with one attached hydrogen (secondary N) is 3. The summed E-state index contributed by atoms with van der Waals surface area (Å²) in [5, 5.41) is 21.1. The molecule has 8 heteroatoms. The van der Waals surface area contributed by atoms with E-state index in [9.17, 15) is 5.26 Å². The summed E-state index contributed by atoms with van der Waals surface area (Å²) >= 11 is 0. The first-order chi connectivity index (χ1) is 12.5. The van der Waals surface area contributed by atoms with E-state index in [-0.39, 0.29) is 6.04 Å². The Labute approximate surface area is 151 Å². The second-order valence-corrected chi connectivity index (χ2v) is 7.13. The van der Waals surface area contributed by atoms with E-state index >= 15 is 0 Å². The number of H-pyrrole nitrogens is 1. The monoisotopic (exact) mass is 350 g/mol. The third-order valence-electron chi connectivity index (χ3n) is 4.73. The molecule has 0 radical (unpaired) electrons. The number of anilines is 3. The molecule has 1 saturated carbocycles. The predicted octanol–water partition coefficient (Wildman–Crippen LogP) is 3.56. The van der Waals surface area contributed by atoms with Gasteiger partial charge in [-0.05, 0) is 39.5 Å². The Morgan fingerprint density at radius 1 is 1.31 bits per heavy atom. The maximum Gasteiger partial charge on any atom is 0.231 e. The number of fused-ring (bicyclic) bond motifs is 1.